The second-order valence-electron chi connectivity index (χ2n) is 6.59. The number of hydrogen-bond donors (Lipinski definition) is 1. The van der Waals surface area contributed by atoms with Crippen LogP contribution in [0.5, 0.6) is 0 Å². The summed E-state index contributed by atoms with van der Waals surface area (Å²) in [7, 11) is -7.21. The molecule has 1 aliphatic heterocycles. The molecule has 1 fully saturated rings. The van der Waals surface area contributed by atoms with E-state index in [-0.39, 0.29) is 16.4 Å². The number of nitrogens with one attached hydrogen (secondary N) is 1. The first kappa shape index (κ1) is 19.4. The standard InChI is InChI=1S/C18H20ClNO4S2/c1-13-2-4-14(5-3-13)10-20-17-11-25(21,22)12-18(17)26(23,24)16-8-6-15(19)7-9-16/h2-9,17-18,20H,10-12H2,1H3. The van der Waals surface area contributed by atoms with Crippen LogP contribution in [0.15, 0.2) is 53.4 Å². The van der Waals surface area contributed by atoms with E-state index in [0.29, 0.717) is 11.6 Å². The molecule has 0 saturated carbocycles. The Kier molecular flexibility index (Phi) is 5.44. The molecule has 1 saturated heterocycles. The molecule has 140 valence electrons. The molecule has 2 unspecified atom stereocenters. The van der Waals surface area contributed by atoms with Gasteiger partial charge in [0.2, 0.25) is 0 Å². The molecule has 0 bridgehead atoms. The Morgan fingerprint density at radius 2 is 1.65 bits per heavy atom. The van der Waals surface area contributed by atoms with Crippen LogP contribution in [0.25, 0.3) is 0 Å². The average molecular weight is 414 g/mol. The molecule has 1 heterocycles. The van der Waals surface area contributed by atoms with E-state index in [1.807, 2.05) is 31.2 Å². The molecular formula is C18H20ClNO4S2. The fourth-order valence-electron chi connectivity index (χ4n) is 3.07. The fourth-order valence-corrected chi connectivity index (χ4v) is 7.91. The lowest BCUT2D eigenvalue weighted by Gasteiger charge is -2.20. The van der Waals surface area contributed by atoms with Crippen LogP contribution >= 0.6 is 11.6 Å². The van der Waals surface area contributed by atoms with Crippen molar-refractivity contribution in [2.24, 2.45) is 0 Å². The maximum absolute atomic E-state index is 13.0. The molecule has 0 aliphatic carbocycles. The minimum absolute atomic E-state index is 0.0890. The monoisotopic (exact) mass is 413 g/mol. The van der Waals surface area contributed by atoms with Crippen LogP contribution in [0.3, 0.4) is 0 Å². The van der Waals surface area contributed by atoms with Crippen molar-refractivity contribution in [2.45, 2.75) is 29.7 Å². The summed E-state index contributed by atoms with van der Waals surface area (Å²) in [5.41, 5.74) is 2.10. The summed E-state index contributed by atoms with van der Waals surface area (Å²) in [6.07, 6.45) is 0. The Balaban J connectivity index is 1.83. The van der Waals surface area contributed by atoms with Gasteiger partial charge in [0.1, 0.15) is 0 Å². The number of sulfone groups is 2. The summed E-state index contributed by atoms with van der Waals surface area (Å²) in [6, 6.07) is 13.0. The zero-order valence-electron chi connectivity index (χ0n) is 14.2. The minimum atomic E-state index is -3.79. The van der Waals surface area contributed by atoms with Crippen LogP contribution in [0.1, 0.15) is 11.1 Å². The molecule has 26 heavy (non-hydrogen) atoms. The maximum Gasteiger partial charge on any atom is 0.183 e. The summed E-state index contributed by atoms with van der Waals surface area (Å²) in [5, 5.41) is 2.54. The Morgan fingerprint density at radius 1 is 1.04 bits per heavy atom. The van der Waals surface area contributed by atoms with Crippen molar-refractivity contribution in [1.82, 2.24) is 5.32 Å². The van der Waals surface area contributed by atoms with Crippen LogP contribution in [0.4, 0.5) is 0 Å². The fraction of sp³-hybridized carbons (Fsp3) is 0.333. The number of halogens is 1. The van der Waals surface area contributed by atoms with Gasteiger partial charge in [-0.05, 0) is 36.8 Å². The highest BCUT2D eigenvalue weighted by Gasteiger charge is 2.45. The summed E-state index contributed by atoms with van der Waals surface area (Å²) in [6.45, 7) is 2.39. The van der Waals surface area contributed by atoms with Gasteiger partial charge in [-0.15, -0.1) is 0 Å². The van der Waals surface area contributed by atoms with E-state index >= 15 is 0 Å². The van der Waals surface area contributed by atoms with Gasteiger partial charge in [0.05, 0.1) is 21.7 Å². The molecule has 1 N–H and O–H groups in total. The van der Waals surface area contributed by atoms with E-state index in [1.165, 1.54) is 24.3 Å². The van der Waals surface area contributed by atoms with Crippen molar-refractivity contribution in [3.63, 3.8) is 0 Å². The van der Waals surface area contributed by atoms with E-state index in [2.05, 4.69) is 5.32 Å². The molecule has 1 aliphatic rings. The van der Waals surface area contributed by atoms with Crippen LogP contribution in [-0.2, 0) is 26.2 Å². The van der Waals surface area contributed by atoms with Crippen LogP contribution < -0.4 is 5.32 Å². The molecule has 2 aromatic rings. The summed E-state index contributed by atoms with van der Waals surface area (Å²) in [4.78, 5) is 0.0890. The number of aryl methyl sites for hydroxylation is 1. The van der Waals surface area contributed by atoms with Crippen molar-refractivity contribution < 1.29 is 16.8 Å². The first-order chi connectivity index (χ1) is 12.2. The second-order valence-corrected chi connectivity index (χ2v) is 11.3. The van der Waals surface area contributed by atoms with Crippen LogP contribution in [0, 0.1) is 6.92 Å². The normalized spacial score (nSPS) is 22.4. The molecule has 2 atom stereocenters. The second kappa shape index (κ2) is 7.31. The Bertz CT molecular complexity index is 984. The Labute approximate surface area is 159 Å². The van der Waals surface area contributed by atoms with Gasteiger partial charge < -0.3 is 5.32 Å². The molecule has 3 rings (SSSR count). The van der Waals surface area contributed by atoms with Gasteiger partial charge in [-0.1, -0.05) is 41.4 Å². The van der Waals surface area contributed by atoms with Gasteiger partial charge in [0.25, 0.3) is 0 Å². The third kappa shape index (κ3) is 4.28. The predicted octanol–water partition coefficient (Wildman–Crippen LogP) is 2.38. The maximum atomic E-state index is 13.0. The summed E-state index contributed by atoms with van der Waals surface area (Å²) >= 11 is 5.82. The zero-order valence-corrected chi connectivity index (χ0v) is 16.6. The average Bonchev–Trinajstić information content (AvgIpc) is 2.90. The van der Waals surface area contributed by atoms with Crippen LogP contribution in [-0.4, -0.2) is 39.6 Å². The molecule has 0 aromatic heterocycles. The van der Waals surface area contributed by atoms with Gasteiger partial charge in [-0.25, -0.2) is 16.8 Å². The van der Waals surface area contributed by atoms with E-state index in [0.717, 1.165) is 11.1 Å². The third-order valence-corrected chi connectivity index (χ3v) is 8.95. The van der Waals surface area contributed by atoms with Crippen LogP contribution in [0.2, 0.25) is 5.02 Å². The smallest absolute Gasteiger partial charge is 0.183 e. The molecule has 0 amide bonds. The largest absolute Gasteiger partial charge is 0.308 e. The lowest BCUT2D eigenvalue weighted by atomic mass is 10.1. The van der Waals surface area contributed by atoms with Gasteiger partial charge in [0, 0.05) is 17.6 Å². The van der Waals surface area contributed by atoms with Crippen molar-refractivity contribution in [3.05, 3.63) is 64.7 Å². The predicted molar refractivity (Wildman–Crippen MR) is 103 cm³/mol. The first-order valence-electron chi connectivity index (χ1n) is 8.16. The highest BCUT2D eigenvalue weighted by Crippen LogP contribution is 2.27. The molecule has 2 aromatic carbocycles. The zero-order chi connectivity index (χ0) is 18.9. The molecule has 0 radical (unpaired) electrons. The van der Waals surface area contributed by atoms with Crippen molar-refractivity contribution in [1.29, 1.82) is 0 Å². The van der Waals surface area contributed by atoms with Crippen molar-refractivity contribution in [3.8, 4) is 0 Å². The Hall–Kier alpha value is -1.41. The summed E-state index contributed by atoms with van der Waals surface area (Å²) in [5.74, 6) is -0.556. The van der Waals surface area contributed by atoms with E-state index in [9.17, 15) is 16.8 Å². The SMILES string of the molecule is Cc1ccc(CNC2CS(=O)(=O)CC2S(=O)(=O)c2ccc(Cl)cc2)cc1. The molecule has 5 nitrogen and oxygen atoms in total. The minimum Gasteiger partial charge on any atom is -0.308 e. The van der Waals surface area contributed by atoms with Gasteiger partial charge in [-0.3, -0.25) is 0 Å². The Morgan fingerprint density at radius 3 is 2.27 bits per heavy atom. The molecule has 0 spiro atoms. The van der Waals surface area contributed by atoms with Gasteiger partial charge in [0.15, 0.2) is 19.7 Å². The lowest BCUT2D eigenvalue weighted by Crippen LogP contribution is -2.43. The van der Waals surface area contributed by atoms with Gasteiger partial charge in [-0.2, -0.15) is 0 Å². The quantitative estimate of drug-likeness (QED) is 0.813. The molecular weight excluding hydrogens is 394 g/mol. The lowest BCUT2D eigenvalue weighted by molar-refractivity contribution is 0.526. The first-order valence-corrected chi connectivity index (χ1v) is 11.9. The summed E-state index contributed by atoms with van der Waals surface area (Å²) < 4.78 is 50.1. The van der Waals surface area contributed by atoms with Crippen molar-refractivity contribution >= 4 is 31.3 Å². The van der Waals surface area contributed by atoms with Gasteiger partial charge >= 0.3 is 0 Å². The highest BCUT2D eigenvalue weighted by atomic mass is 35.5. The number of hydrogen-bond acceptors (Lipinski definition) is 5. The third-order valence-electron chi connectivity index (χ3n) is 4.53. The van der Waals surface area contributed by atoms with E-state index in [1.54, 1.807) is 0 Å². The highest BCUT2D eigenvalue weighted by molar-refractivity contribution is 7.96. The molecule has 8 heteroatoms. The topological polar surface area (TPSA) is 80.3 Å². The number of benzene rings is 2. The van der Waals surface area contributed by atoms with Crippen molar-refractivity contribution in [2.75, 3.05) is 11.5 Å². The number of rotatable bonds is 5. The van der Waals surface area contributed by atoms with E-state index in [4.69, 9.17) is 11.6 Å². The van der Waals surface area contributed by atoms with E-state index < -0.39 is 31.0 Å².